The second-order valence-corrected chi connectivity index (χ2v) is 7.79. The molecule has 28 heavy (non-hydrogen) atoms. The van der Waals surface area contributed by atoms with Gasteiger partial charge in [0, 0.05) is 18.9 Å². The van der Waals surface area contributed by atoms with Gasteiger partial charge in [-0.05, 0) is 25.5 Å². The van der Waals surface area contributed by atoms with Crippen LogP contribution in [0.2, 0.25) is 0 Å². The van der Waals surface area contributed by atoms with E-state index in [1.807, 2.05) is 35.8 Å². The number of nitrogens with one attached hydrogen (secondary N) is 2. The Labute approximate surface area is 163 Å². The minimum atomic E-state index is -0.837. The zero-order valence-corrected chi connectivity index (χ0v) is 16.5. The van der Waals surface area contributed by atoms with Gasteiger partial charge in [0.15, 0.2) is 5.82 Å². The molecule has 2 N–H and O–H groups in total. The molecule has 1 amide bonds. The zero-order chi connectivity index (χ0) is 19.7. The molecule has 2 aromatic heterocycles. The molecule has 0 spiro atoms. The zero-order valence-electron chi connectivity index (χ0n) is 16.5. The Morgan fingerprint density at radius 1 is 1.36 bits per heavy atom. The van der Waals surface area contributed by atoms with Gasteiger partial charge in [0.1, 0.15) is 23.8 Å². The topological polar surface area (TPSA) is 97.7 Å². The van der Waals surface area contributed by atoms with Gasteiger partial charge in [-0.25, -0.2) is 4.98 Å². The van der Waals surface area contributed by atoms with Crippen LogP contribution in [0.5, 0.6) is 0 Å². The number of aromatic nitrogens is 5. The molecule has 0 aliphatic carbocycles. The second-order valence-electron chi connectivity index (χ2n) is 7.79. The number of aryl methyl sites for hydroxylation is 1. The molecule has 0 bridgehead atoms. The Kier molecular flexibility index (Phi) is 4.89. The first-order valence-electron chi connectivity index (χ1n) is 9.73. The first kappa shape index (κ1) is 18.6. The van der Waals surface area contributed by atoms with Crippen LogP contribution in [0, 0.1) is 0 Å². The van der Waals surface area contributed by atoms with Crippen LogP contribution in [-0.4, -0.2) is 43.8 Å². The second kappa shape index (κ2) is 7.35. The van der Waals surface area contributed by atoms with E-state index in [9.17, 15) is 4.79 Å². The van der Waals surface area contributed by atoms with E-state index in [1.165, 1.54) is 0 Å². The number of hydrogen-bond acceptors (Lipinski definition) is 5. The molecule has 8 nitrogen and oxygen atoms in total. The Morgan fingerprint density at radius 2 is 2.18 bits per heavy atom. The van der Waals surface area contributed by atoms with E-state index in [2.05, 4.69) is 39.3 Å². The molecule has 0 radical (unpaired) electrons. The van der Waals surface area contributed by atoms with E-state index in [0.717, 1.165) is 35.5 Å². The molecule has 3 heterocycles. The Balaban J connectivity index is 1.39. The van der Waals surface area contributed by atoms with Crippen molar-refractivity contribution in [2.45, 2.75) is 51.7 Å². The molecule has 0 saturated heterocycles. The number of amides is 1. The molecular weight excluding hydrogens is 356 g/mol. The molecule has 4 rings (SSSR count). The van der Waals surface area contributed by atoms with Crippen LogP contribution in [-0.2, 0) is 28.1 Å². The Morgan fingerprint density at radius 3 is 2.96 bits per heavy atom. The van der Waals surface area contributed by atoms with Crippen LogP contribution in [0.4, 0.5) is 0 Å². The lowest BCUT2D eigenvalue weighted by Crippen LogP contribution is -2.53. The predicted octanol–water partition coefficient (Wildman–Crippen LogP) is 2.27. The van der Waals surface area contributed by atoms with E-state index in [0.29, 0.717) is 25.6 Å². The smallest absolute Gasteiger partial charge is 0.248 e. The number of H-pyrrole nitrogens is 1. The van der Waals surface area contributed by atoms with Crippen molar-refractivity contribution in [1.29, 1.82) is 0 Å². The first-order valence-corrected chi connectivity index (χ1v) is 9.73. The van der Waals surface area contributed by atoms with Gasteiger partial charge in [0.05, 0.1) is 17.6 Å². The minimum absolute atomic E-state index is 0.0697. The summed E-state index contributed by atoms with van der Waals surface area (Å²) in [6.45, 7) is 7.26. The van der Waals surface area contributed by atoms with E-state index in [1.54, 1.807) is 0 Å². The van der Waals surface area contributed by atoms with E-state index < -0.39 is 5.54 Å². The lowest BCUT2D eigenvalue weighted by Gasteiger charge is -2.35. The van der Waals surface area contributed by atoms with E-state index in [4.69, 9.17) is 4.74 Å². The van der Waals surface area contributed by atoms with Crippen molar-refractivity contribution in [3.63, 3.8) is 0 Å². The Bertz CT molecular complexity index is 959. The lowest BCUT2D eigenvalue weighted by atomic mass is 9.99. The monoisotopic (exact) mass is 382 g/mol. The van der Waals surface area contributed by atoms with Crippen molar-refractivity contribution in [2.75, 3.05) is 13.2 Å². The highest BCUT2D eigenvalue weighted by atomic mass is 16.5. The number of fused-ring (bicyclic) bond motifs is 2. The van der Waals surface area contributed by atoms with Crippen LogP contribution >= 0.6 is 0 Å². The average molecular weight is 382 g/mol. The quantitative estimate of drug-likeness (QED) is 0.638. The molecule has 1 aromatic carbocycles. The maximum atomic E-state index is 13.0. The molecule has 1 unspecified atom stereocenters. The van der Waals surface area contributed by atoms with E-state index in [-0.39, 0.29) is 11.8 Å². The summed E-state index contributed by atoms with van der Waals surface area (Å²) in [4.78, 5) is 20.9. The number of aromatic amines is 1. The van der Waals surface area contributed by atoms with Crippen LogP contribution in [0.3, 0.4) is 0 Å². The average Bonchev–Trinajstić information content (AvgIpc) is 3.29. The third-order valence-electron chi connectivity index (χ3n) is 5.18. The van der Waals surface area contributed by atoms with Gasteiger partial charge in [-0.1, -0.05) is 26.0 Å². The molecule has 1 aliphatic heterocycles. The fourth-order valence-electron chi connectivity index (χ4n) is 3.68. The van der Waals surface area contributed by atoms with Crippen LogP contribution in [0.25, 0.3) is 11.0 Å². The predicted molar refractivity (Wildman–Crippen MR) is 105 cm³/mol. The van der Waals surface area contributed by atoms with Crippen molar-refractivity contribution < 1.29 is 9.53 Å². The number of hydrogen-bond donors (Lipinski definition) is 2. The number of ether oxygens (including phenoxy) is 1. The number of nitrogens with zero attached hydrogens (tertiary/aromatic N) is 4. The number of carbonyl (C=O) groups is 1. The van der Waals surface area contributed by atoms with Gasteiger partial charge < -0.3 is 15.0 Å². The summed E-state index contributed by atoms with van der Waals surface area (Å²) in [6, 6.07) is 7.97. The molecule has 3 aromatic rings. The highest BCUT2D eigenvalue weighted by molar-refractivity contribution is 5.84. The summed E-state index contributed by atoms with van der Waals surface area (Å²) in [6.07, 6.45) is 1.58. The standard InChI is InChI=1S/C20H26N6O2/c1-13(2)18-25-24-17-11-28-12-20(3,26(17)18)19(27)21-10-6-9-16-22-14-7-4-5-8-15(14)23-16/h4-5,7-8,13H,6,9-12H2,1-3H3,(H,21,27)(H,22,23). The summed E-state index contributed by atoms with van der Waals surface area (Å²) in [5.41, 5.74) is 1.17. The normalized spacial score (nSPS) is 19.1. The third-order valence-corrected chi connectivity index (χ3v) is 5.18. The number of carbonyl (C=O) groups excluding carboxylic acids is 1. The van der Waals surface area contributed by atoms with Crippen molar-refractivity contribution in [3.8, 4) is 0 Å². The molecule has 0 fully saturated rings. The maximum absolute atomic E-state index is 13.0. The van der Waals surface area contributed by atoms with Gasteiger partial charge in [0.2, 0.25) is 5.91 Å². The summed E-state index contributed by atoms with van der Waals surface area (Å²) in [7, 11) is 0. The van der Waals surface area contributed by atoms with Gasteiger partial charge >= 0.3 is 0 Å². The molecule has 8 heteroatoms. The lowest BCUT2D eigenvalue weighted by molar-refractivity contribution is -0.135. The van der Waals surface area contributed by atoms with Gasteiger partial charge in [-0.15, -0.1) is 10.2 Å². The van der Waals surface area contributed by atoms with Gasteiger partial charge in [0.25, 0.3) is 0 Å². The fourth-order valence-corrected chi connectivity index (χ4v) is 3.68. The summed E-state index contributed by atoms with van der Waals surface area (Å²) in [5.74, 6) is 2.57. The third kappa shape index (κ3) is 3.28. The van der Waals surface area contributed by atoms with E-state index >= 15 is 0 Å². The van der Waals surface area contributed by atoms with Gasteiger partial charge in [-0.2, -0.15) is 0 Å². The van der Waals surface area contributed by atoms with Crippen LogP contribution < -0.4 is 5.32 Å². The van der Waals surface area contributed by atoms with Crippen molar-refractivity contribution >= 4 is 16.9 Å². The number of para-hydroxylation sites is 2. The van der Waals surface area contributed by atoms with Crippen molar-refractivity contribution in [2.24, 2.45) is 0 Å². The number of benzene rings is 1. The minimum Gasteiger partial charge on any atom is -0.370 e. The highest BCUT2D eigenvalue weighted by Gasteiger charge is 2.42. The van der Waals surface area contributed by atoms with Crippen LogP contribution in [0.1, 0.15) is 50.6 Å². The van der Waals surface area contributed by atoms with Gasteiger partial charge in [-0.3, -0.25) is 9.36 Å². The largest absolute Gasteiger partial charge is 0.370 e. The highest BCUT2D eigenvalue weighted by Crippen LogP contribution is 2.29. The Hall–Kier alpha value is -2.74. The summed E-state index contributed by atoms with van der Waals surface area (Å²) in [5, 5.41) is 11.5. The summed E-state index contributed by atoms with van der Waals surface area (Å²) < 4.78 is 7.59. The molecule has 148 valence electrons. The molecule has 1 atom stereocenters. The SMILES string of the molecule is CC(C)c1nnc2n1C(C)(C(=O)NCCCc1nc3ccccc3[nH]1)COC2. The maximum Gasteiger partial charge on any atom is 0.248 e. The van der Waals surface area contributed by atoms with Crippen molar-refractivity contribution in [3.05, 3.63) is 41.7 Å². The summed E-state index contributed by atoms with van der Waals surface area (Å²) >= 11 is 0. The molecule has 1 aliphatic rings. The van der Waals surface area contributed by atoms with Crippen molar-refractivity contribution in [1.82, 2.24) is 30.0 Å². The molecule has 0 saturated carbocycles. The first-order chi connectivity index (χ1) is 13.5. The number of rotatable bonds is 6. The van der Waals surface area contributed by atoms with Crippen LogP contribution in [0.15, 0.2) is 24.3 Å². The number of imidazole rings is 1. The fraction of sp³-hybridized carbons (Fsp3) is 0.500. The molecular formula is C20H26N6O2.